The molecule has 0 amide bonds. The van der Waals surface area contributed by atoms with E-state index < -0.39 is 0 Å². The number of rotatable bonds is 7. The van der Waals surface area contributed by atoms with Crippen LogP contribution < -0.4 is 5.32 Å². The Bertz CT molecular complexity index is 74.0. The molecule has 0 aliphatic heterocycles. The van der Waals surface area contributed by atoms with Crippen LogP contribution in [0.5, 0.6) is 0 Å². The molecule has 0 saturated carbocycles. The van der Waals surface area contributed by atoms with E-state index in [1.54, 1.807) is 6.92 Å². The number of aliphatic hydroxyl groups is 1. The molecule has 0 aliphatic carbocycles. The van der Waals surface area contributed by atoms with Gasteiger partial charge in [-0.3, -0.25) is 5.32 Å². The Morgan fingerprint density at radius 1 is 1.18 bits per heavy atom. The molecule has 0 saturated heterocycles. The van der Waals surface area contributed by atoms with E-state index in [0.29, 0.717) is 0 Å². The summed E-state index contributed by atoms with van der Waals surface area (Å²) in [7, 11) is 0. The molecule has 0 fully saturated rings. The van der Waals surface area contributed by atoms with Crippen molar-refractivity contribution in [2.45, 2.75) is 52.2 Å². The second kappa shape index (κ2) is 8.02. The molecule has 0 aromatic rings. The molecule has 2 N–H and O–H groups in total. The van der Waals surface area contributed by atoms with E-state index in [1.165, 1.54) is 32.1 Å². The van der Waals surface area contributed by atoms with Crippen molar-refractivity contribution in [2.24, 2.45) is 0 Å². The lowest BCUT2D eigenvalue weighted by Crippen LogP contribution is -2.26. The molecule has 0 aromatic heterocycles. The summed E-state index contributed by atoms with van der Waals surface area (Å²) >= 11 is 0. The Labute approximate surface area is 70.0 Å². The Balaban J connectivity index is 2.80. The smallest absolute Gasteiger partial charge is 0.102 e. The average molecular weight is 159 g/mol. The van der Waals surface area contributed by atoms with Crippen LogP contribution in [0, 0.1) is 0 Å². The zero-order valence-corrected chi connectivity index (χ0v) is 7.77. The van der Waals surface area contributed by atoms with Gasteiger partial charge in [-0.05, 0) is 19.9 Å². The summed E-state index contributed by atoms with van der Waals surface area (Å²) < 4.78 is 0. The molecular weight excluding hydrogens is 138 g/mol. The summed E-state index contributed by atoms with van der Waals surface area (Å²) in [6.45, 7) is 4.92. The van der Waals surface area contributed by atoms with Crippen LogP contribution in [0.15, 0.2) is 0 Å². The van der Waals surface area contributed by atoms with Gasteiger partial charge >= 0.3 is 0 Å². The van der Waals surface area contributed by atoms with E-state index in [2.05, 4.69) is 12.2 Å². The average Bonchev–Trinajstić information content (AvgIpc) is 1.96. The van der Waals surface area contributed by atoms with E-state index in [0.717, 1.165) is 6.54 Å². The minimum Gasteiger partial charge on any atom is -0.379 e. The summed E-state index contributed by atoms with van der Waals surface area (Å²) in [5, 5.41) is 11.8. The molecule has 0 heterocycles. The summed E-state index contributed by atoms with van der Waals surface area (Å²) in [4.78, 5) is 0. The molecule has 2 nitrogen and oxygen atoms in total. The largest absolute Gasteiger partial charge is 0.379 e. The summed E-state index contributed by atoms with van der Waals surface area (Å²) in [5.74, 6) is 0. The first-order valence-corrected chi connectivity index (χ1v) is 4.68. The van der Waals surface area contributed by atoms with E-state index in [4.69, 9.17) is 5.11 Å². The van der Waals surface area contributed by atoms with Gasteiger partial charge in [0.1, 0.15) is 6.23 Å². The molecule has 0 bridgehead atoms. The molecule has 0 radical (unpaired) electrons. The van der Waals surface area contributed by atoms with Gasteiger partial charge in [-0.2, -0.15) is 0 Å². The molecule has 0 aromatic carbocycles. The fraction of sp³-hybridized carbons (Fsp3) is 1.00. The highest BCUT2D eigenvalue weighted by Crippen LogP contribution is 2.00. The highest BCUT2D eigenvalue weighted by atomic mass is 16.3. The number of hydrogen-bond acceptors (Lipinski definition) is 2. The first kappa shape index (κ1) is 10.9. The highest BCUT2D eigenvalue weighted by Gasteiger charge is 1.92. The van der Waals surface area contributed by atoms with Gasteiger partial charge in [0.25, 0.3) is 0 Å². The van der Waals surface area contributed by atoms with Crippen LogP contribution in [0.25, 0.3) is 0 Å². The van der Waals surface area contributed by atoms with Gasteiger partial charge in [0.15, 0.2) is 0 Å². The summed E-state index contributed by atoms with van der Waals surface area (Å²) in [6, 6.07) is 0. The van der Waals surface area contributed by atoms with Gasteiger partial charge in [-0.25, -0.2) is 0 Å². The topological polar surface area (TPSA) is 32.3 Å². The van der Waals surface area contributed by atoms with Gasteiger partial charge in [0.2, 0.25) is 0 Å². The molecular formula is C9H21NO. The van der Waals surface area contributed by atoms with Gasteiger partial charge < -0.3 is 5.11 Å². The standard InChI is InChI=1S/C9H21NO/c1-3-4-5-6-7-8-10-9(2)11/h9-11H,3-8H2,1-2H3/t9-/m1/s1. The second-order valence-electron chi connectivity index (χ2n) is 3.04. The Morgan fingerprint density at radius 2 is 1.82 bits per heavy atom. The van der Waals surface area contributed by atoms with Crippen molar-refractivity contribution < 1.29 is 5.11 Å². The van der Waals surface area contributed by atoms with Gasteiger partial charge in [-0.1, -0.05) is 32.6 Å². The lowest BCUT2D eigenvalue weighted by atomic mass is 10.1. The molecule has 0 aliphatic rings. The molecule has 0 unspecified atom stereocenters. The third-order valence-electron chi connectivity index (χ3n) is 1.72. The molecule has 0 spiro atoms. The van der Waals surface area contributed by atoms with Crippen LogP contribution in [0.1, 0.15) is 46.0 Å². The zero-order valence-electron chi connectivity index (χ0n) is 7.77. The van der Waals surface area contributed by atoms with Crippen molar-refractivity contribution in [3.63, 3.8) is 0 Å². The van der Waals surface area contributed by atoms with Crippen molar-refractivity contribution >= 4 is 0 Å². The predicted octanol–water partition coefficient (Wildman–Crippen LogP) is 1.88. The predicted molar refractivity (Wildman–Crippen MR) is 48.4 cm³/mol. The maximum atomic E-state index is 8.84. The van der Waals surface area contributed by atoms with Gasteiger partial charge in [-0.15, -0.1) is 0 Å². The van der Waals surface area contributed by atoms with Crippen molar-refractivity contribution in [3.8, 4) is 0 Å². The van der Waals surface area contributed by atoms with E-state index in [1.807, 2.05) is 0 Å². The van der Waals surface area contributed by atoms with Crippen molar-refractivity contribution in [1.82, 2.24) is 5.32 Å². The number of aliphatic hydroxyl groups excluding tert-OH is 1. The molecule has 2 heteroatoms. The van der Waals surface area contributed by atoms with E-state index in [-0.39, 0.29) is 6.23 Å². The third-order valence-corrected chi connectivity index (χ3v) is 1.72. The van der Waals surface area contributed by atoms with Crippen molar-refractivity contribution in [1.29, 1.82) is 0 Å². The van der Waals surface area contributed by atoms with Crippen molar-refractivity contribution in [2.75, 3.05) is 6.54 Å². The lowest BCUT2D eigenvalue weighted by Gasteiger charge is -2.05. The molecule has 11 heavy (non-hydrogen) atoms. The second-order valence-corrected chi connectivity index (χ2v) is 3.04. The number of unbranched alkanes of at least 4 members (excludes halogenated alkanes) is 4. The fourth-order valence-corrected chi connectivity index (χ4v) is 1.04. The normalized spacial score (nSPS) is 13.4. The minimum atomic E-state index is -0.346. The Morgan fingerprint density at radius 3 is 2.36 bits per heavy atom. The van der Waals surface area contributed by atoms with Crippen molar-refractivity contribution in [3.05, 3.63) is 0 Å². The van der Waals surface area contributed by atoms with Crippen LogP contribution in [0.2, 0.25) is 0 Å². The SMILES string of the molecule is CCCCCCCN[C@@H](C)O. The van der Waals surface area contributed by atoms with E-state index in [9.17, 15) is 0 Å². The Hall–Kier alpha value is -0.0800. The van der Waals surface area contributed by atoms with Gasteiger partial charge in [0, 0.05) is 0 Å². The van der Waals surface area contributed by atoms with Crippen LogP contribution in [-0.2, 0) is 0 Å². The minimum absolute atomic E-state index is 0.346. The number of hydrogen-bond donors (Lipinski definition) is 2. The number of nitrogens with one attached hydrogen (secondary N) is 1. The summed E-state index contributed by atoms with van der Waals surface area (Å²) in [5.41, 5.74) is 0. The molecule has 68 valence electrons. The fourth-order valence-electron chi connectivity index (χ4n) is 1.04. The first-order valence-electron chi connectivity index (χ1n) is 4.68. The van der Waals surface area contributed by atoms with Crippen LogP contribution in [0.3, 0.4) is 0 Å². The van der Waals surface area contributed by atoms with E-state index >= 15 is 0 Å². The quantitative estimate of drug-likeness (QED) is 0.439. The highest BCUT2D eigenvalue weighted by molar-refractivity contribution is 4.48. The molecule has 1 atom stereocenters. The van der Waals surface area contributed by atoms with Crippen LogP contribution >= 0.6 is 0 Å². The first-order chi connectivity index (χ1) is 5.27. The maximum Gasteiger partial charge on any atom is 0.102 e. The zero-order chi connectivity index (χ0) is 8.53. The monoisotopic (exact) mass is 159 g/mol. The maximum absolute atomic E-state index is 8.84. The van der Waals surface area contributed by atoms with Gasteiger partial charge in [0.05, 0.1) is 0 Å². The third kappa shape index (κ3) is 9.92. The van der Waals surface area contributed by atoms with Crippen LogP contribution in [0.4, 0.5) is 0 Å². The molecule has 0 rings (SSSR count). The Kier molecular flexibility index (Phi) is 7.96. The lowest BCUT2D eigenvalue weighted by molar-refractivity contribution is 0.156. The van der Waals surface area contributed by atoms with Crippen LogP contribution in [-0.4, -0.2) is 17.9 Å². The summed E-state index contributed by atoms with van der Waals surface area (Å²) in [6.07, 6.45) is 6.09.